The lowest BCUT2D eigenvalue weighted by atomic mass is 10.1. The van der Waals surface area contributed by atoms with E-state index < -0.39 is 0 Å². The SMILES string of the molecule is COc1ccc(C(=O)NCc2ccc(OCCN3CCCCC3)cc2)cc1OC. The average Bonchev–Trinajstić information content (AvgIpc) is 2.78. The monoisotopic (exact) mass is 398 g/mol. The Balaban J connectivity index is 1.45. The molecule has 0 bridgehead atoms. The van der Waals surface area contributed by atoms with Crippen LogP contribution in [0.25, 0.3) is 0 Å². The summed E-state index contributed by atoms with van der Waals surface area (Å²) in [5.41, 5.74) is 1.54. The molecule has 0 saturated carbocycles. The zero-order chi connectivity index (χ0) is 20.5. The molecule has 1 N–H and O–H groups in total. The number of piperidine rings is 1. The zero-order valence-electron chi connectivity index (χ0n) is 17.3. The minimum absolute atomic E-state index is 0.159. The highest BCUT2D eigenvalue weighted by Gasteiger charge is 2.11. The van der Waals surface area contributed by atoms with Gasteiger partial charge in [-0.3, -0.25) is 9.69 Å². The zero-order valence-corrected chi connectivity index (χ0v) is 17.3. The van der Waals surface area contributed by atoms with E-state index in [0.717, 1.165) is 17.9 Å². The van der Waals surface area contributed by atoms with Gasteiger partial charge in [0, 0.05) is 18.7 Å². The van der Waals surface area contributed by atoms with Crippen molar-refractivity contribution in [1.82, 2.24) is 10.2 Å². The maximum Gasteiger partial charge on any atom is 0.251 e. The van der Waals surface area contributed by atoms with Crippen LogP contribution >= 0.6 is 0 Å². The Labute approximate surface area is 172 Å². The quantitative estimate of drug-likeness (QED) is 0.701. The van der Waals surface area contributed by atoms with Gasteiger partial charge < -0.3 is 19.5 Å². The molecule has 6 nitrogen and oxygen atoms in total. The van der Waals surface area contributed by atoms with E-state index in [0.29, 0.717) is 30.2 Å². The first kappa shape index (κ1) is 21.0. The fraction of sp³-hybridized carbons (Fsp3) is 0.435. The average molecular weight is 399 g/mol. The van der Waals surface area contributed by atoms with Crippen molar-refractivity contribution in [2.45, 2.75) is 25.8 Å². The second kappa shape index (κ2) is 10.7. The number of hydrogen-bond acceptors (Lipinski definition) is 5. The molecule has 0 radical (unpaired) electrons. The first-order chi connectivity index (χ1) is 14.2. The highest BCUT2D eigenvalue weighted by atomic mass is 16.5. The number of nitrogens with one attached hydrogen (secondary N) is 1. The molecule has 0 aliphatic carbocycles. The molecule has 156 valence electrons. The molecule has 1 heterocycles. The van der Waals surface area contributed by atoms with Gasteiger partial charge in [-0.25, -0.2) is 0 Å². The smallest absolute Gasteiger partial charge is 0.251 e. The Morgan fingerprint density at radius 1 is 0.966 bits per heavy atom. The summed E-state index contributed by atoms with van der Waals surface area (Å²) in [5, 5.41) is 2.93. The van der Waals surface area contributed by atoms with Gasteiger partial charge in [0.05, 0.1) is 14.2 Å². The van der Waals surface area contributed by atoms with Crippen molar-refractivity contribution in [3.63, 3.8) is 0 Å². The number of ether oxygens (including phenoxy) is 3. The van der Waals surface area contributed by atoms with E-state index in [2.05, 4.69) is 10.2 Å². The normalized spacial score (nSPS) is 14.3. The molecule has 2 aromatic rings. The summed E-state index contributed by atoms with van der Waals surface area (Å²) in [7, 11) is 3.12. The van der Waals surface area contributed by atoms with E-state index in [1.165, 1.54) is 32.4 Å². The summed E-state index contributed by atoms with van der Waals surface area (Å²) >= 11 is 0. The molecule has 3 rings (SSSR count). The maximum atomic E-state index is 12.4. The third-order valence-corrected chi connectivity index (χ3v) is 5.15. The number of benzene rings is 2. The van der Waals surface area contributed by atoms with Crippen LogP contribution in [-0.4, -0.2) is 51.3 Å². The molecule has 1 aliphatic heterocycles. The Hall–Kier alpha value is -2.73. The fourth-order valence-corrected chi connectivity index (χ4v) is 3.44. The van der Waals surface area contributed by atoms with E-state index in [1.807, 2.05) is 24.3 Å². The van der Waals surface area contributed by atoms with Crippen molar-refractivity contribution in [2.24, 2.45) is 0 Å². The van der Waals surface area contributed by atoms with Crippen LogP contribution in [0.5, 0.6) is 17.2 Å². The van der Waals surface area contributed by atoms with Crippen LogP contribution in [0.3, 0.4) is 0 Å². The highest BCUT2D eigenvalue weighted by molar-refractivity contribution is 5.94. The van der Waals surface area contributed by atoms with Crippen LogP contribution in [0.1, 0.15) is 35.2 Å². The van der Waals surface area contributed by atoms with Crippen LogP contribution in [0.15, 0.2) is 42.5 Å². The molecule has 0 spiro atoms. The molecule has 1 saturated heterocycles. The largest absolute Gasteiger partial charge is 0.493 e. The van der Waals surface area contributed by atoms with Gasteiger partial charge in [-0.05, 0) is 61.8 Å². The fourth-order valence-electron chi connectivity index (χ4n) is 3.44. The second-order valence-corrected chi connectivity index (χ2v) is 7.15. The first-order valence-corrected chi connectivity index (χ1v) is 10.1. The molecule has 2 aromatic carbocycles. The van der Waals surface area contributed by atoms with Gasteiger partial charge in [-0.15, -0.1) is 0 Å². The molecule has 1 fully saturated rings. The van der Waals surface area contributed by atoms with E-state index in [-0.39, 0.29) is 5.91 Å². The van der Waals surface area contributed by atoms with Crippen LogP contribution in [0.4, 0.5) is 0 Å². The van der Waals surface area contributed by atoms with Crippen molar-refractivity contribution in [3.8, 4) is 17.2 Å². The third-order valence-electron chi connectivity index (χ3n) is 5.15. The van der Waals surface area contributed by atoms with E-state index >= 15 is 0 Å². The van der Waals surface area contributed by atoms with Crippen LogP contribution in [-0.2, 0) is 6.54 Å². The van der Waals surface area contributed by atoms with Gasteiger partial charge in [0.1, 0.15) is 12.4 Å². The second-order valence-electron chi connectivity index (χ2n) is 7.15. The topological polar surface area (TPSA) is 60.0 Å². The number of hydrogen-bond donors (Lipinski definition) is 1. The lowest BCUT2D eigenvalue weighted by molar-refractivity contribution is 0.0950. The predicted molar refractivity (Wildman–Crippen MR) is 113 cm³/mol. The number of amides is 1. The summed E-state index contributed by atoms with van der Waals surface area (Å²) < 4.78 is 16.3. The Morgan fingerprint density at radius 2 is 1.69 bits per heavy atom. The Kier molecular flexibility index (Phi) is 7.76. The number of likely N-dealkylation sites (tertiary alicyclic amines) is 1. The molecular weight excluding hydrogens is 368 g/mol. The van der Waals surface area contributed by atoms with Crippen LogP contribution < -0.4 is 19.5 Å². The number of carbonyl (C=O) groups is 1. The molecule has 1 aliphatic rings. The van der Waals surface area contributed by atoms with Crippen LogP contribution in [0, 0.1) is 0 Å². The molecule has 0 aromatic heterocycles. The third kappa shape index (κ3) is 6.12. The number of nitrogens with zero attached hydrogens (tertiary/aromatic N) is 1. The van der Waals surface area contributed by atoms with Gasteiger partial charge in [-0.2, -0.15) is 0 Å². The maximum absolute atomic E-state index is 12.4. The van der Waals surface area contributed by atoms with Crippen LogP contribution in [0.2, 0.25) is 0 Å². The Morgan fingerprint density at radius 3 is 2.38 bits per heavy atom. The summed E-state index contributed by atoms with van der Waals surface area (Å²) in [6, 6.07) is 13.0. The number of carbonyl (C=O) groups excluding carboxylic acids is 1. The van der Waals surface area contributed by atoms with E-state index in [4.69, 9.17) is 14.2 Å². The van der Waals surface area contributed by atoms with Crippen molar-refractivity contribution >= 4 is 5.91 Å². The summed E-state index contributed by atoms with van der Waals surface area (Å²) in [6.45, 7) is 4.49. The molecule has 29 heavy (non-hydrogen) atoms. The van der Waals surface area contributed by atoms with Gasteiger partial charge in [0.2, 0.25) is 0 Å². The predicted octanol–water partition coefficient (Wildman–Crippen LogP) is 3.50. The van der Waals surface area contributed by atoms with Crippen molar-refractivity contribution in [3.05, 3.63) is 53.6 Å². The van der Waals surface area contributed by atoms with Gasteiger partial charge in [0.15, 0.2) is 11.5 Å². The minimum atomic E-state index is -0.159. The van der Waals surface area contributed by atoms with Crippen molar-refractivity contribution < 1.29 is 19.0 Å². The van der Waals surface area contributed by atoms with Crippen molar-refractivity contribution in [2.75, 3.05) is 40.5 Å². The summed E-state index contributed by atoms with van der Waals surface area (Å²) in [6.07, 6.45) is 3.94. The molecule has 6 heteroatoms. The van der Waals surface area contributed by atoms with Crippen molar-refractivity contribution in [1.29, 1.82) is 0 Å². The van der Waals surface area contributed by atoms with Gasteiger partial charge in [-0.1, -0.05) is 18.6 Å². The van der Waals surface area contributed by atoms with E-state index in [1.54, 1.807) is 32.4 Å². The van der Waals surface area contributed by atoms with Gasteiger partial charge in [0.25, 0.3) is 5.91 Å². The van der Waals surface area contributed by atoms with E-state index in [9.17, 15) is 4.79 Å². The summed E-state index contributed by atoms with van der Waals surface area (Å²) in [4.78, 5) is 14.9. The number of methoxy groups -OCH3 is 2. The lowest BCUT2D eigenvalue weighted by Crippen LogP contribution is -2.33. The molecular formula is C23H30N2O4. The first-order valence-electron chi connectivity index (χ1n) is 10.1. The number of rotatable bonds is 9. The standard InChI is InChI=1S/C23H30N2O4/c1-27-21-11-8-19(16-22(21)28-2)23(26)24-17-18-6-9-20(10-7-18)29-15-14-25-12-4-3-5-13-25/h6-11,16H,3-5,12-15,17H2,1-2H3,(H,24,26). The molecule has 0 atom stereocenters. The highest BCUT2D eigenvalue weighted by Crippen LogP contribution is 2.27. The minimum Gasteiger partial charge on any atom is -0.493 e. The molecule has 0 unspecified atom stereocenters. The Bertz CT molecular complexity index is 786. The summed E-state index contributed by atoms with van der Waals surface area (Å²) in [5.74, 6) is 1.83. The van der Waals surface area contributed by atoms with Gasteiger partial charge >= 0.3 is 0 Å². The molecule has 1 amide bonds. The lowest BCUT2D eigenvalue weighted by Gasteiger charge is -2.26.